The Labute approximate surface area is 133 Å². The van der Waals surface area contributed by atoms with E-state index in [1.807, 2.05) is 50.2 Å². The van der Waals surface area contributed by atoms with Crippen LogP contribution in [0.5, 0.6) is 0 Å². The van der Waals surface area contributed by atoms with E-state index < -0.39 is 0 Å². The molecule has 110 valence electrons. The lowest BCUT2D eigenvalue weighted by atomic mass is 9.95. The molecule has 2 aromatic carbocycles. The molecule has 0 bridgehead atoms. The number of amides is 1. The van der Waals surface area contributed by atoms with Gasteiger partial charge in [-0.05, 0) is 52.5 Å². The van der Waals surface area contributed by atoms with E-state index >= 15 is 0 Å². The molecule has 0 aliphatic heterocycles. The molecule has 0 spiro atoms. The Morgan fingerprint density at radius 2 is 1.95 bits per heavy atom. The van der Waals surface area contributed by atoms with Crippen molar-refractivity contribution in [2.45, 2.75) is 26.2 Å². The van der Waals surface area contributed by atoms with Crippen LogP contribution in [0.2, 0.25) is 0 Å². The number of rotatable bonds is 4. The largest absolute Gasteiger partial charge is 0.398 e. The van der Waals surface area contributed by atoms with Crippen molar-refractivity contribution in [2.24, 2.45) is 0 Å². The molecule has 1 amide bonds. The Bertz CT molecular complexity index is 641. The van der Waals surface area contributed by atoms with Crippen LogP contribution in [0.25, 0.3) is 0 Å². The maximum atomic E-state index is 12.5. The number of nitrogen functional groups attached to an aromatic ring is 1. The summed E-state index contributed by atoms with van der Waals surface area (Å²) >= 11 is 3.47. The van der Waals surface area contributed by atoms with Gasteiger partial charge >= 0.3 is 0 Å². The van der Waals surface area contributed by atoms with Crippen LogP contribution in [0.3, 0.4) is 0 Å². The first-order chi connectivity index (χ1) is 10.0. The minimum atomic E-state index is -0.166. The second-order valence-corrected chi connectivity index (χ2v) is 5.90. The number of benzene rings is 2. The van der Waals surface area contributed by atoms with Gasteiger partial charge in [0.2, 0.25) is 5.91 Å². The van der Waals surface area contributed by atoms with E-state index in [1.165, 1.54) is 0 Å². The highest BCUT2D eigenvalue weighted by Gasteiger charge is 2.19. The molecule has 21 heavy (non-hydrogen) atoms. The molecule has 2 rings (SSSR count). The third-order valence-electron chi connectivity index (χ3n) is 3.54. The molecule has 0 fully saturated rings. The molecule has 0 aliphatic carbocycles. The average Bonchev–Trinajstić information content (AvgIpc) is 2.46. The molecule has 0 aliphatic rings. The molecule has 0 radical (unpaired) electrons. The molecular formula is C17H19BrN2O. The lowest BCUT2D eigenvalue weighted by Crippen LogP contribution is -2.21. The molecule has 0 saturated heterocycles. The van der Waals surface area contributed by atoms with Crippen molar-refractivity contribution in [1.29, 1.82) is 0 Å². The summed E-state index contributed by atoms with van der Waals surface area (Å²) in [5.41, 5.74) is 9.29. The van der Waals surface area contributed by atoms with Crippen molar-refractivity contribution in [3.63, 3.8) is 0 Å². The summed E-state index contributed by atoms with van der Waals surface area (Å²) in [6.07, 6.45) is 0.745. The standard InChI is InChI=1S/C17H19BrN2O/c1-3-13(12-7-5-4-6-8-12)17(21)20-16-10-15(19)11(2)9-14(16)18/h4-10,13H,3,19H2,1-2H3,(H,20,21). The van der Waals surface area contributed by atoms with E-state index in [-0.39, 0.29) is 11.8 Å². The van der Waals surface area contributed by atoms with Crippen molar-refractivity contribution in [2.75, 3.05) is 11.1 Å². The highest BCUT2D eigenvalue weighted by Crippen LogP contribution is 2.29. The van der Waals surface area contributed by atoms with Gasteiger partial charge in [-0.3, -0.25) is 4.79 Å². The van der Waals surface area contributed by atoms with Crippen LogP contribution >= 0.6 is 15.9 Å². The topological polar surface area (TPSA) is 55.1 Å². The van der Waals surface area contributed by atoms with Crippen molar-refractivity contribution < 1.29 is 4.79 Å². The van der Waals surface area contributed by atoms with Crippen LogP contribution in [0.4, 0.5) is 11.4 Å². The average molecular weight is 347 g/mol. The molecule has 0 aromatic heterocycles. The monoisotopic (exact) mass is 346 g/mol. The molecule has 1 atom stereocenters. The molecule has 0 heterocycles. The predicted octanol–water partition coefficient (Wildman–Crippen LogP) is 4.47. The van der Waals surface area contributed by atoms with Crippen LogP contribution in [0.15, 0.2) is 46.9 Å². The zero-order valence-electron chi connectivity index (χ0n) is 12.2. The predicted molar refractivity (Wildman–Crippen MR) is 91.4 cm³/mol. The van der Waals surface area contributed by atoms with E-state index in [1.54, 1.807) is 6.07 Å². The van der Waals surface area contributed by atoms with Gasteiger partial charge in [0.15, 0.2) is 0 Å². The maximum absolute atomic E-state index is 12.5. The lowest BCUT2D eigenvalue weighted by Gasteiger charge is -2.17. The van der Waals surface area contributed by atoms with Gasteiger partial charge in [0.1, 0.15) is 0 Å². The third-order valence-corrected chi connectivity index (χ3v) is 4.20. The summed E-state index contributed by atoms with van der Waals surface area (Å²) in [5.74, 6) is -0.187. The van der Waals surface area contributed by atoms with Crippen LogP contribution in [-0.2, 0) is 4.79 Å². The number of halogens is 1. The number of hydrogen-bond acceptors (Lipinski definition) is 2. The van der Waals surface area contributed by atoms with Crippen molar-refractivity contribution >= 4 is 33.2 Å². The third kappa shape index (κ3) is 3.64. The molecule has 2 aromatic rings. The highest BCUT2D eigenvalue weighted by atomic mass is 79.9. The first-order valence-corrected chi connectivity index (χ1v) is 7.73. The summed E-state index contributed by atoms with van der Waals surface area (Å²) in [6, 6.07) is 13.5. The van der Waals surface area contributed by atoms with Gasteiger partial charge in [-0.15, -0.1) is 0 Å². The number of nitrogens with two attached hydrogens (primary N) is 1. The Kier molecular flexibility index (Phi) is 5.02. The Hall–Kier alpha value is -1.81. The highest BCUT2D eigenvalue weighted by molar-refractivity contribution is 9.10. The van der Waals surface area contributed by atoms with Crippen LogP contribution in [-0.4, -0.2) is 5.91 Å². The number of carbonyl (C=O) groups is 1. The summed E-state index contributed by atoms with van der Waals surface area (Å²) in [6.45, 7) is 3.94. The summed E-state index contributed by atoms with van der Waals surface area (Å²) in [4.78, 5) is 12.5. The fraction of sp³-hybridized carbons (Fsp3) is 0.235. The second kappa shape index (κ2) is 6.76. The quantitative estimate of drug-likeness (QED) is 0.802. The Morgan fingerprint density at radius 3 is 2.57 bits per heavy atom. The van der Waals surface area contributed by atoms with Gasteiger partial charge in [0.25, 0.3) is 0 Å². The molecule has 3 N–H and O–H groups in total. The van der Waals surface area contributed by atoms with E-state index in [4.69, 9.17) is 5.73 Å². The van der Waals surface area contributed by atoms with Gasteiger partial charge in [-0.2, -0.15) is 0 Å². The summed E-state index contributed by atoms with van der Waals surface area (Å²) < 4.78 is 0.838. The number of anilines is 2. The zero-order valence-corrected chi connectivity index (χ0v) is 13.8. The van der Waals surface area contributed by atoms with E-state index in [2.05, 4.69) is 21.2 Å². The van der Waals surface area contributed by atoms with E-state index in [9.17, 15) is 4.79 Å². The SMILES string of the molecule is CCC(C(=O)Nc1cc(N)c(C)cc1Br)c1ccccc1. The van der Waals surface area contributed by atoms with Gasteiger partial charge in [-0.25, -0.2) is 0 Å². The van der Waals surface area contributed by atoms with Gasteiger partial charge < -0.3 is 11.1 Å². The zero-order chi connectivity index (χ0) is 15.4. The number of nitrogens with one attached hydrogen (secondary N) is 1. The van der Waals surface area contributed by atoms with Crippen molar-refractivity contribution in [3.8, 4) is 0 Å². The van der Waals surface area contributed by atoms with Crippen molar-refractivity contribution in [3.05, 3.63) is 58.1 Å². The fourth-order valence-corrected chi connectivity index (χ4v) is 2.82. The van der Waals surface area contributed by atoms with Crippen molar-refractivity contribution in [1.82, 2.24) is 0 Å². The van der Waals surface area contributed by atoms with Crippen LogP contribution in [0.1, 0.15) is 30.4 Å². The molecule has 1 unspecified atom stereocenters. The lowest BCUT2D eigenvalue weighted by molar-refractivity contribution is -0.117. The Balaban J connectivity index is 2.23. The number of carbonyl (C=O) groups excluding carboxylic acids is 1. The second-order valence-electron chi connectivity index (χ2n) is 5.05. The molecule has 0 saturated carbocycles. The first kappa shape index (κ1) is 15.6. The summed E-state index contributed by atoms with van der Waals surface area (Å²) in [5, 5.41) is 2.96. The number of aryl methyl sites for hydroxylation is 1. The van der Waals surface area contributed by atoms with Crippen LogP contribution in [0, 0.1) is 6.92 Å². The fourth-order valence-electron chi connectivity index (χ4n) is 2.26. The summed E-state index contributed by atoms with van der Waals surface area (Å²) in [7, 11) is 0. The minimum Gasteiger partial charge on any atom is -0.398 e. The molecule has 4 heteroatoms. The van der Waals surface area contributed by atoms with Gasteiger partial charge in [0, 0.05) is 10.2 Å². The van der Waals surface area contributed by atoms with E-state index in [0.717, 1.165) is 22.0 Å². The molecular weight excluding hydrogens is 328 g/mol. The van der Waals surface area contributed by atoms with Gasteiger partial charge in [-0.1, -0.05) is 37.3 Å². The van der Waals surface area contributed by atoms with Crippen LogP contribution < -0.4 is 11.1 Å². The van der Waals surface area contributed by atoms with E-state index in [0.29, 0.717) is 11.4 Å². The molecule has 3 nitrogen and oxygen atoms in total. The minimum absolute atomic E-state index is 0.0207. The Morgan fingerprint density at radius 1 is 1.29 bits per heavy atom. The van der Waals surface area contributed by atoms with Gasteiger partial charge in [0.05, 0.1) is 11.6 Å². The normalized spacial score (nSPS) is 12.0. The maximum Gasteiger partial charge on any atom is 0.231 e. The first-order valence-electron chi connectivity index (χ1n) is 6.94. The number of hydrogen-bond donors (Lipinski definition) is 2. The smallest absolute Gasteiger partial charge is 0.231 e.